The molecule has 0 aliphatic rings. The van der Waals surface area contributed by atoms with Gasteiger partial charge in [0.15, 0.2) is 20.8 Å². The molecule has 1 rings (SSSR count). The summed E-state index contributed by atoms with van der Waals surface area (Å²) >= 11 is 10.9. The average Bonchev–Trinajstić information content (AvgIpc) is 2.63. The van der Waals surface area contributed by atoms with E-state index in [1.165, 1.54) is 24.3 Å². The molecule has 0 heterocycles. The van der Waals surface area contributed by atoms with Crippen LogP contribution in [0.3, 0.4) is 0 Å². The Bertz CT molecular complexity index is 761. The van der Waals surface area contributed by atoms with Crippen molar-refractivity contribution in [1.82, 2.24) is 5.32 Å². The summed E-state index contributed by atoms with van der Waals surface area (Å²) in [5.74, 6) is -0.885. The first kappa shape index (κ1) is 24.4. The first-order chi connectivity index (χ1) is 13.1. The van der Waals surface area contributed by atoms with Crippen molar-refractivity contribution in [3.63, 3.8) is 0 Å². The van der Waals surface area contributed by atoms with Crippen LogP contribution in [-0.2, 0) is 24.1 Å². The fourth-order valence-electron chi connectivity index (χ4n) is 2.10. The third-order valence-corrected chi connectivity index (χ3v) is 5.01. The van der Waals surface area contributed by atoms with E-state index >= 15 is 0 Å². The zero-order valence-electron chi connectivity index (χ0n) is 14.9. The Hall–Kier alpha value is -1.62. The summed E-state index contributed by atoms with van der Waals surface area (Å²) in [4.78, 5) is 22.2. The van der Waals surface area contributed by atoms with Crippen molar-refractivity contribution in [2.45, 2.75) is 28.3 Å². The molecule has 0 saturated carbocycles. The summed E-state index contributed by atoms with van der Waals surface area (Å²) in [5, 5.41) is 2.23. The molecule has 0 aliphatic carbocycles. The van der Waals surface area contributed by atoms with Gasteiger partial charge in [-0.25, -0.2) is 17.6 Å². The highest BCUT2D eigenvalue weighted by molar-refractivity contribution is 7.90. The number of hydrogen-bond donors (Lipinski definition) is 2. The van der Waals surface area contributed by atoms with Gasteiger partial charge in [-0.1, -0.05) is 35.3 Å². The smallest absolute Gasteiger partial charge is 0.434 e. The van der Waals surface area contributed by atoms with Crippen LogP contribution >= 0.6 is 23.2 Å². The van der Waals surface area contributed by atoms with Crippen molar-refractivity contribution in [1.29, 1.82) is 0 Å². The fourth-order valence-corrected chi connectivity index (χ4v) is 2.86. The zero-order chi connectivity index (χ0) is 21.3. The topological polar surface area (TPSA) is 125 Å². The number of carbonyl (C=O) groups excluding carboxylic acids is 2. The normalized spacial score (nSPS) is 13.6. The van der Waals surface area contributed by atoms with Crippen molar-refractivity contribution in [2.75, 3.05) is 26.1 Å². The van der Waals surface area contributed by atoms with Gasteiger partial charge in [-0.15, -0.1) is 0 Å². The van der Waals surface area contributed by atoms with E-state index in [0.717, 1.165) is 6.26 Å². The molecule has 0 saturated heterocycles. The number of amides is 1. The summed E-state index contributed by atoms with van der Waals surface area (Å²) < 4.78 is 46.8. The molecule has 0 aromatic heterocycles. The Morgan fingerprint density at radius 3 is 2.32 bits per heavy atom. The summed E-state index contributed by atoms with van der Waals surface area (Å²) in [6.45, 7) is -0.840. The number of halogens is 3. The van der Waals surface area contributed by atoms with Gasteiger partial charge in [0.05, 0.1) is 17.5 Å². The average molecular weight is 459 g/mol. The Kier molecular flexibility index (Phi) is 9.94. The first-order valence-corrected chi connectivity index (χ1v) is 10.8. The van der Waals surface area contributed by atoms with Crippen LogP contribution < -0.4 is 11.1 Å². The Labute approximate surface area is 172 Å². The predicted molar refractivity (Wildman–Crippen MR) is 102 cm³/mol. The van der Waals surface area contributed by atoms with Crippen LogP contribution in [-0.4, -0.2) is 57.4 Å². The van der Waals surface area contributed by atoms with E-state index < -0.39 is 45.6 Å². The van der Waals surface area contributed by atoms with Crippen LogP contribution in [0.25, 0.3) is 0 Å². The Balaban J connectivity index is 3.11. The van der Waals surface area contributed by atoms with Crippen molar-refractivity contribution in [3.05, 3.63) is 29.8 Å². The molecule has 2 unspecified atom stereocenters. The van der Waals surface area contributed by atoms with Gasteiger partial charge in [0.25, 0.3) is 5.91 Å². The molecule has 2 atom stereocenters. The van der Waals surface area contributed by atoms with Gasteiger partial charge in [0, 0.05) is 6.26 Å². The van der Waals surface area contributed by atoms with Gasteiger partial charge in [-0.2, -0.15) is 0 Å². The van der Waals surface area contributed by atoms with E-state index in [9.17, 15) is 22.4 Å². The Morgan fingerprint density at radius 2 is 1.86 bits per heavy atom. The van der Waals surface area contributed by atoms with Gasteiger partial charge in [-0.05, 0) is 30.7 Å². The maximum absolute atomic E-state index is 13.6. The number of alkyl halides is 3. The maximum atomic E-state index is 13.6. The highest BCUT2D eigenvalue weighted by Gasteiger charge is 2.31. The molecule has 12 heteroatoms. The molecule has 0 spiro atoms. The summed E-state index contributed by atoms with van der Waals surface area (Å²) in [5.41, 5.74) is 5.53. The van der Waals surface area contributed by atoms with E-state index in [-0.39, 0.29) is 17.1 Å². The van der Waals surface area contributed by atoms with Crippen LogP contribution in [0, 0.1) is 0 Å². The SMILES string of the molecule is CS(=O)(=O)c1ccc(C(OC(=O)OCCCN)C(CF)NC(=O)C(Cl)Cl)cc1. The molecule has 8 nitrogen and oxygen atoms in total. The molecule has 0 aliphatic heterocycles. The Morgan fingerprint density at radius 1 is 1.25 bits per heavy atom. The van der Waals surface area contributed by atoms with Gasteiger partial charge in [-0.3, -0.25) is 4.79 Å². The van der Waals surface area contributed by atoms with Crippen LogP contribution in [0.4, 0.5) is 9.18 Å². The molecular weight excluding hydrogens is 438 g/mol. The van der Waals surface area contributed by atoms with Crippen molar-refractivity contribution in [3.8, 4) is 0 Å². The van der Waals surface area contributed by atoms with Crippen LogP contribution in [0.5, 0.6) is 0 Å². The van der Waals surface area contributed by atoms with Gasteiger partial charge in [0.1, 0.15) is 6.67 Å². The minimum Gasteiger partial charge on any atom is -0.434 e. The van der Waals surface area contributed by atoms with E-state index in [4.69, 9.17) is 38.4 Å². The standard InChI is InChI=1S/C16H21Cl2FN2O6S/c1-28(24,25)11-5-3-10(4-6-11)13(27-16(23)26-8-2-7-20)12(9-19)21-15(22)14(17)18/h3-6,12-14H,2,7-9,20H2,1H3,(H,21,22). The molecule has 28 heavy (non-hydrogen) atoms. The number of ether oxygens (including phenoxy) is 2. The van der Waals surface area contributed by atoms with Gasteiger partial charge >= 0.3 is 6.16 Å². The monoisotopic (exact) mass is 458 g/mol. The number of sulfone groups is 1. The van der Waals surface area contributed by atoms with Gasteiger partial charge < -0.3 is 20.5 Å². The first-order valence-electron chi connectivity index (χ1n) is 8.08. The third-order valence-electron chi connectivity index (χ3n) is 3.49. The summed E-state index contributed by atoms with van der Waals surface area (Å²) in [7, 11) is -3.46. The lowest BCUT2D eigenvalue weighted by Crippen LogP contribution is -2.44. The number of carbonyl (C=O) groups is 2. The molecule has 0 radical (unpaired) electrons. The number of hydrogen-bond acceptors (Lipinski definition) is 7. The molecule has 3 N–H and O–H groups in total. The highest BCUT2D eigenvalue weighted by Crippen LogP contribution is 2.25. The van der Waals surface area contributed by atoms with E-state index in [0.29, 0.717) is 13.0 Å². The van der Waals surface area contributed by atoms with Crippen LogP contribution in [0.15, 0.2) is 29.2 Å². The minimum absolute atomic E-state index is 0.00679. The van der Waals surface area contributed by atoms with Crippen molar-refractivity contribution < 1.29 is 31.9 Å². The third kappa shape index (κ3) is 7.78. The lowest BCUT2D eigenvalue weighted by molar-refractivity contribution is -0.121. The lowest BCUT2D eigenvalue weighted by atomic mass is 10.0. The van der Waals surface area contributed by atoms with Gasteiger partial charge in [0.2, 0.25) is 0 Å². The second-order valence-electron chi connectivity index (χ2n) is 5.69. The number of rotatable bonds is 10. The van der Waals surface area contributed by atoms with Crippen molar-refractivity contribution in [2.24, 2.45) is 5.73 Å². The molecule has 1 aromatic rings. The lowest BCUT2D eigenvalue weighted by Gasteiger charge is -2.26. The maximum Gasteiger partial charge on any atom is 0.508 e. The van der Waals surface area contributed by atoms with E-state index in [1.807, 2.05) is 0 Å². The second kappa shape index (κ2) is 11.4. The number of nitrogens with one attached hydrogen (secondary N) is 1. The molecule has 158 valence electrons. The van der Waals surface area contributed by atoms with E-state index in [2.05, 4.69) is 5.32 Å². The number of nitrogens with two attached hydrogens (primary N) is 1. The molecular formula is C16H21Cl2FN2O6S. The molecule has 0 fully saturated rings. The summed E-state index contributed by atoms with van der Waals surface area (Å²) in [6.07, 6.45) is -1.01. The van der Waals surface area contributed by atoms with Crippen LogP contribution in [0.2, 0.25) is 0 Å². The minimum atomic E-state index is -3.46. The molecule has 0 bridgehead atoms. The fraction of sp³-hybridized carbons (Fsp3) is 0.500. The molecule has 1 aromatic carbocycles. The van der Waals surface area contributed by atoms with E-state index in [1.54, 1.807) is 0 Å². The zero-order valence-corrected chi connectivity index (χ0v) is 17.3. The summed E-state index contributed by atoms with van der Waals surface area (Å²) in [6, 6.07) is 3.87. The second-order valence-corrected chi connectivity index (χ2v) is 8.80. The largest absolute Gasteiger partial charge is 0.508 e. The quantitative estimate of drug-likeness (QED) is 0.311. The van der Waals surface area contributed by atoms with Crippen molar-refractivity contribution >= 4 is 45.1 Å². The number of benzene rings is 1. The highest BCUT2D eigenvalue weighted by atomic mass is 35.5. The van der Waals surface area contributed by atoms with Crippen LogP contribution in [0.1, 0.15) is 18.1 Å². The predicted octanol–water partition coefficient (Wildman–Crippen LogP) is 1.89. The molecule has 1 amide bonds.